The van der Waals surface area contributed by atoms with E-state index in [2.05, 4.69) is 10.0 Å². The highest BCUT2D eigenvalue weighted by Crippen LogP contribution is 2.34. The van der Waals surface area contributed by atoms with E-state index in [1.165, 1.54) is 32.2 Å². The lowest BCUT2D eigenvalue weighted by Crippen LogP contribution is -2.30. The van der Waals surface area contributed by atoms with Crippen LogP contribution in [0.1, 0.15) is 30.1 Å². The lowest BCUT2D eigenvalue weighted by molar-refractivity contribution is -0.123. The normalized spacial score (nSPS) is 15.7. The van der Waals surface area contributed by atoms with Crippen LogP contribution < -0.4 is 24.2 Å². The van der Waals surface area contributed by atoms with Gasteiger partial charge in [0.1, 0.15) is 10.6 Å². The lowest BCUT2D eigenvalue weighted by Gasteiger charge is -2.15. The molecule has 2 N–H and O–H groups in total. The van der Waals surface area contributed by atoms with Gasteiger partial charge in [0.25, 0.3) is 5.91 Å². The monoisotopic (exact) mass is 462 g/mol. The van der Waals surface area contributed by atoms with Crippen LogP contribution >= 0.6 is 0 Å². The number of carbonyl (C=O) groups excluding carboxylic acids is 2. The molecule has 0 saturated heterocycles. The third-order valence-corrected chi connectivity index (χ3v) is 6.42. The van der Waals surface area contributed by atoms with Gasteiger partial charge in [0.2, 0.25) is 16.8 Å². The number of anilines is 1. The van der Waals surface area contributed by atoms with E-state index < -0.39 is 28.0 Å². The topological polar surface area (TPSA) is 129 Å². The SMILES string of the molecule is COc1ccc(C(=O)O[C@H](C)C(=O)Nc2ccc3c(c2)OCO3)cc1S(=O)(=O)NC1CC1. The molecule has 0 bridgehead atoms. The highest BCUT2D eigenvalue weighted by molar-refractivity contribution is 7.89. The van der Waals surface area contributed by atoms with Crippen LogP contribution in [-0.4, -0.2) is 46.3 Å². The third kappa shape index (κ3) is 4.78. The Bertz CT molecular complexity index is 1160. The fraction of sp³-hybridized carbons (Fsp3) is 0.333. The average Bonchev–Trinajstić information content (AvgIpc) is 3.44. The molecule has 11 heteroatoms. The number of ether oxygens (including phenoxy) is 4. The van der Waals surface area contributed by atoms with Crippen molar-refractivity contribution in [1.29, 1.82) is 0 Å². The maximum Gasteiger partial charge on any atom is 0.338 e. The van der Waals surface area contributed by atoms with E-state index in [4.69, 9.17) is 18.9 Å². The van der Waals surface area contributed by atoms with E-state index >= 15 is 0 Å². The summed E-state index contributed by atoms with van der Waals surface area (Å²) in [5, 5.41) is 2.63. The van der Waals surface area contributed by atoms with Crippen molar-refractivity contribution in [2.45, 2.75) is 36.8 Å². The Morgan fingerprint density at radius 3 is 2.56 bits per heavy atom. The minimum Gasteiger partial charge on any atom is -0.495 e. The Balaban J connectivity index is 1.44. The number of sulfonamides is 1. The number of hydrogen-bond acceptors (Lipinski definition) is 8. The summed E-state index contributed by atoms with van der Waals surface area (Å²) in [6, 6.07) is 8.70. The van der Waals surface area contributed by atoms with Gasteiger partial charge in [0.05, 0.1) is 12.7 Å². The molecule has 1 atom stereocenters. The van der Waals surface area contributed by atoms with Crippen LogP contribution in [0.4, 0.5) is 5.69 Å². The van der Waals surface area contributed by atoms with E-state index in [-0.39, 0.29) is 29.0 Å². The van der Waals surface area contributed by atoms with Crippen LogP contribution in [0.3, 0.4) is 0 Å². The number of fused-ring (bicyclic) bond motifs is 1. The Morgan fingerprint density at radius 1 is 1.09 bits per heavy atom. The highest BCUT2D eigenvalue weighted by Gasteiger charge is 2.31. The first-order valence-corrected chi connectivity index (χ1v) is 11.4. The van der Waals surface area contributed by atoms with Crippen molar-refractivity contribution in [1.82, 2.24) is 4.72 Å². The van der Waals surface area contributed by atoms with E-state index in [1.54, 1.807) is 18.2 Å². The fourth-order valence-electron chi connectivity index (χ4n) is 3.00. The van der Waals surface area contributed by atoms with Gasteiger partial charge in [0.15, 0.2) is 17.6 Å². The second-order valence-electron chi connectivity index (χ2n) is 7.37. The molecule has 1 heterocycles. The van der Waals surface area contributed by atoms with Gasteiger partial charge in [0, 0.05) is 17.8 Å². The van der Waals surface area contributed by atoms with Crippen molar-refractivity contribution in [3.8, 4) is 17.2 Å². The van der Waals surface area contributed by atoms with Crippen LogP contribution in [0.2, 0.25) is 0 Å². The van der Waals surface area contributed by atoms with Crippen molar-refractivity contribution in [3.05, 3.63) is 42.0 Å². The Morgan fingerprint density at radius 2 is 1.84 bits per heavy atom. The summed E-state index contributed by atoms with van der Waals surface area (Å²) in [5.74, 6) is -0.232. The Kier molecular flexibility index (Phi) is 5.94. The molecule has 0 spiro atoms. The number of rotatable bonds is 8. The number of methoxy groups -OCH3 is 1. The molecule has 1 aliphatic carbocycles. The van der Waals surface area contributed by atoms with E-state index in [0.717, 1.165) is 12.8 Å². The maximum atomic E-state index is 12.6. The molecule has 2 aliphatic rings. The van der Waals surface area contributed by atoms with Gasteiger partial charge in [-0.05, 0) is 50.1 Å². The van der Waals surface area contributed by atoms with Crippen molar-refractivity contribution < 1.29 is 37.0 Å². The van der Waals surface area contributed by atoms with Crippen LogP contribution in [0.25, 0.3) is 0 Å². The first kappa shape index (κ1) is 21.9. The summed E-state index contributed by atoms with van der Waals surface area (Å²) in [4.78, 5) is 24.9. The predicted octanol–water partition coefficient (Wildman–Crippen LogP) is 2.05. The first-order valence-electron chi connectivity index (χ1n) is 9.88. The number of amides is 1. The fourth-order valence-corrected chi connectivity index (χ4v) is 4.50. The van der Waals surface area contributed by atoms with Gasteiger partial charge in [-0.25, -0.2) is 17.9 Å². The lowest BCUT2D eigenvalue weighted by atomic mass is 10.2. The molecule has 1 amide bonds. The van der Waals surface area contributed by atoms with Crippen molar-refractivity contribution in [2.75, 3.05) is 19.2 Å². The van der Waals surface area contributed by atoms with Crippen LogP contribution in [-0.2, 0) is 19.6 Å². The molecular formula is C21H22N2O8S. The van der Waals surface area contributed by atoms with E-state index in [9.17, 15) is 18.0 Å². The second-order valence-corrected chi connectivity index (χ2v) is 9.05. The summed E-state index contributed by atoms with van der Waals surface area (Å²) in [7, 11) is -2.53. The molecule has 10 nitrogen and oxygen atoms in total. The smallest absolute Gasteiger partial charge is 0.338 e. The number of benzene rings is 2. The van der Waals surface area contributed by atoms with Crippen molar-refractivity contribution >= 4 is 27.6 Å². The number of nitrogens with one attached hydrogen (secondary N) is 2. The van der Waals surface area contributed by atoms with E-state index in [0.29, 0.717) is 17.2 Å². The zero-order valence-electron chi connectivity index (χ0n) is 17.4. The Hall–Kier alpha value is -3.31. The number of carbonyl (C=O) groups is 2. The van der Waals surface area contributed by atoms with Gasteiger partial charge >= 0.3 is 5.97 Å². The molecule has 32 heavy (non-hydrogen) atoms. The minimum atomic E-state index is -3.87. The molecule has 0 radical (unpaired) electrons. The van der Waals surface area contributed by atoms with Crippen LogP contribution in [0, 0.1) is 0 Å². The van der Waals surface area contributed by atoms with Crippen LogP contribution in [0.15, 0.2) is 41.3 Å². The van der Waals surface area contributed by atoms with Gasteiger partial charge in [-0.3, -0.25) is 4.79 Å². The third-order valence-electron chi connectivity index (χ3n) is 4.88. The zero-order chi connectivity index (χ0) is 22.9. The molecule has 2 aromatic carbocycles. The molecule has 1 fully saturated rings. The summed E-state index contributed by atoms with van der Waals surface area (Å²) in [5.41, 5.74) is 0.427. The summed E-state index contributed by atoms with van der Waals surface area (Å²) in [6.07, 6.45) is 0.387. The molecular weight excluding hydrogens is 440 g/mol. The molecule has 0 aromatic heterocycles. The first-order chi connectivity index (χ1) is 15.3. The molecule has 4 rings (SSSR count). The number of hydrogen-bond donors (Lipinski definition) is 2. The summed E-state index contributed by atoms with van der Waals surface area (Å²) >= 11 is 0. The molecule has 0 unspecified atom stereocenters. The number of esters is 1. The standard InChI is InChI=1S/C21H22N2O8S/c1-12(20(24)22-15-6-8-16-18(10-15)30-11-29-16)31-21(25)13-3-7-17(28-2)19(9-13)32(26,27)23-14-4-5-14/h3,6-10,12,14,23H,4-5,11H2,1-2H3,(H,22,24)/t12-/m1/s1. The molecule has 2 aromatic rings. The predicted molar refractivity (Wildman–Crippen MR) is 112 cm³/mol. The second kappa shape index (κ2) is 8.67. The minimum absolute atomic E-state index is 0.0234. The van der Waals surface area contributed by atoms with Gasteiger partial charge in [-0.1, -0.05) is 0 Å². The maximum absolute atomic E-state index is 12.6. The van der Waals surface area contributed by atoms with Gasteiger partial charge in [-0.15, -0.1) is 0 Å². The van der Waals surface area contributed by atoms with Gasteiger partial charge in [-0.2, -0.15) is 0 Å². The van der Waals surface area contributed by atoms with Gasteiger partial charge < -0.3 is 24.3 Å². The molecule has 170 valence electrons. The van der Waals surface area contributed by atoms with Crippen LogP contribution in [0.5, 0.6) is 17.2 Å². The van der Waals surface area contributed by atoms with Crippen molar-refractivity contribution in [3.63, 3.8) is 0 Å². The zero-order valence-corrected chi connectivity index (χ0v) is 18.2. The molecule has 1 saturated carbocycles. The van der Waals surface area contributed by atoms with E-state index in [1.807, 2.05) is 0 Å². The Labute approximate surface area is 184 Å². The largest absolute Gasteiger partial charge is 0.495 e. The molecule has 1 aliphatic heterocycles. The quantitative estimate of drug-likeness (QED) is 0.570. The average molecular weight is 462 g/mol. The summed E-state index contributed by atoms with van der Waals surface area (Å²) in [6.45, 7) is 1.52. The summed E-state index contributed by atoms with van der Waals surface area (Å²) < 4.78 is 48.7. The highest BCUT2D eigenvalue weighted by atomic mass is 32.2. The van der Waals surface area contributed by atoms with Crippen molar-refractivity contribution in [2.24, 2.45) is 0 Å².